The lowest BCUT2D eigenvalue weighted by Crippen LogP contribution is -2.41. The normalized spacial score (nSPS) is 21.4. The zero-order chi connectivity index (χ0) is 14.2. The smallest absolute Gasteiger partial charge is 0.119 e. The summed E-state index contributed by atoms with van der Waals surface area (Å²) in [6.45, 7) is 2.10. The van der Waals surface area contributed by atoms with Crippen LogP contribution in [0.3, 0.4) is 0 Å². The molecule has 0 saturated carbocycles. The molecule has 3 rings (SSSR count). The number of rotatable bonds is 2. The number of pyridine rings is 1. The molecule has 2 aromatic rings. The first-order chi connectivity index (χ1) is 9.65. The van der Waals surface area contributed by atoms with E-state index < -0.39 is 5.54 Å². The number of hydrogen-bond donors (Lipinski definition) is 1. The molecule has 1 aliphatic rings. The Labute approximate surface area is 119 Å². The van der Waals surface area contributed by atoms with Crippen LogP contribution in [0.4, 0.5) is 0 Å². The number of hydrogen-bond acceptors (Lipinski definition) is 3. The third-order valence-corrected chi connectivity index (χ3v) is 4.33. The van der Waals surface area contributed by atoms with E-state index in [-0.39, 0.29) is 0 Å². The fourth-order valence-corrected chi connectivity index (χ4v) is 3.22. The van der Waals surface area contributed by atoms with Crippen LogP contribution in [-0.4, -0.2) is 12.1 Å². The Kier molecular flexibility index (Phi) is 3.22. The van der Waals surface area contributed by atoms with Gasteiger partial charge in [-0.05, 0) is 66.6 Å². The van der Waals surface area contributed by atoms with Gasteiger partial charge >= 0.3 is 0 Å². The summed E-state index contributed by atoms with van der Waals surface area (Å²) in [5.74, 6) is 0.863. The maximum absolute atomic E-state index is 6.82. The number of nitrogens with zero attached hydrogens (tertiary/aromatic N) is 1. The SMILES string of the molecule is COc1ccc2c(c1)C(N)(c1cnccc1C)CCC2. The van der Waals surface area contributed by atoms with Crippen LogP contribution < -0.4 is 10.5 Å². The van der Waals surface area contributed by atoms with E-state index in [4.69, 9.17) is 10.5 Å². The summed E-state index contributed by atoms with van der Waals surface area (Å²) in [6, 6.07) is 8.26. The van der Waals surface area contributed by atoms with Crippen molar-refractivity contribution in [3.05, 3.63) is 58.9 Å². The lowest BCUT2D eigenvalue weighted by molar-refractivity contribution is 0.404. The van der Waals surface area contributed by atoms with Crippen LogP contribution in [0.15, 0.2) is 36.7 Å². The van der Waals surface area contributed by atoms with Gasteiger partial charge in [0.1, 0.15) is 5.75 Å². The van der Waals surface area contributed by atoms with Crippen LogP contribution in [0, 0.1) is 6.92 Å². The Hall–Kier alpha value is -1.87. The Morgan fingerprint density at radius 1 is 1.25 bits per heavy atom. The summed E-state index contributed by atoms with van der Waals surface area (Å²) in [5, 5.41) is 0. The first kappa shape index (κ1) is 13.1. The van der Waals surface area contributed by atoms with Gasteiger partial charge in [-0.2, -0.15) is 0 Å². The number of nitrogens with two attached hydrogens (primary N) is 1. The lowest BCUT2D eigenvalue weighted by Gasteiger charge is -2.37. The van der Waals surface area contributed by atoms with Crippen LogP contribution in [0.1, 0.15) is 35.1 Å². The van der Waals surface area contributed by atoms with Gasteiger partial charge in [0.15, 0.2) is 0 Å². The standard InChI is InChI=1S/C17H20N2O/c1-12-7-9-19-11-16(12)17(18)8-3-4-13-5-6-14(20-2)10-15(13)17/h5-7,9-11H,3-4,8,18H2,1-2H3. The molecule has 2 N–H and O–H groups in total. The Bertz CT molecular complexity index is 639. The van der Waals surface area contributed by atoms with E-state index in [1.165, 1.54) is 16.7 Å². The summed E-state index contributed by atoms with van der Waals surface area (Å²) in [4.78, 5) is 4.27. The Morgan fingerprint density at radius 2 is 2.10 bits per heavy atom. The second-order valence-corrected chi connectivity index (χ2v) is 5.54. The molecule has 1 unspecified atom stereocenters. The van der Waals surface area contributed by atoms with E-state index in [1.54, 1.807) is 7.11 Å². The molecule has 0 bridgehead atoms. The second-order valence-electron chi connectivity index (χ2n) is 5.54. The van der Waals surface area contributed by atoms with Gasteiger partial charge < -0.3 is 10.5 Å². The minimum absolute atomic E-state index is 0.458. The molecule has 0 saturated heterocycles. The van der Waals surface area contributed by atoms with Crippen LogP contribution in [0.5, 0.6) is 5.75 Å². The van der Waals surface area contributed by atoms with Gasteiger partial charge in [0, 0.05) is 12.4 Å². The monoisotopic (exact) mass is 268 g/mol. The van der Waals surface area contributed by atoms with Crippen molar-refractivity contribution in [3.63, 3.8) is 0 Å². The van der Waals surface area contributed by atoms with Crippen molar-refractivity contribution in [3.8, 4) is 5.75 Å². The highest BCUT2D eigenvalue weighted by Gasteiger charge is 2.35. The van der Waals surface area contributed by atoms with Gasteiger partial charge in [0.05, 0.1) is 12.6 Å². The Morgan fingerprint density at radius 3 is 2.85 bits per heavy atom. The summed E-state index contributed by atoms with van der Waals surface area (Å²) in [6.07, 6.45) is 6.85. The number of fused-ring (bicyclic) bond motifs is 1. The average molecular weight is 268 g/mol. The van der Waals surface area contributed by atoms with Gasteiger partial charge in [-0.1, -0.05) is 6.07 Å². The summed E-state index contributed by atoms with van der Waals surface area (Å²) in [7, 11) is 1.69. The first-order valence-electron chi connectivity index (χ1n) is 7.02. The van der Waals surface area contributed by atoms with E-state index in [0.717, 1.165) is 30.6 Å². The van der Waals surface area contributed by atoms with Crippen molar-refractivity contribution < 1.29 is 4.74 Å². The fourth-order valence-electron chi connectivity index (χ4n) is 3.22. The predicted molar refractivity (Wildman–Crippen MR) is 79.9 cm³/mol. The molecule has 20 heavy (non-hydrogen) atoms. The molecule has 1 aliphatic carbocycles. The van der Waals surface area contributed by atoms with Crippen molar-refractivity contribution in [2.24, 2.45) is 5.73 Å². The minimum atomic E-state index is -0.458. The molecule has 1 heterocycles. The molecule has 1 aromatic carbocycles. The van der Waals surface area contributed by atoms with Gasteiger partial charge in [-0.25, -0.2) is 0 Å². The molecular formula is C17H20N2O. The first-order valence-corrected chi connectivity index (χ1v) is 7.02. The van der Waals surface area contributed by atoms with Crippen molar-refractivity contribution in [2.45, 2.75) is 31.7 Å². The van der Waals surface area contributed by atoms with Gasteiger partial charge in [-0.3, -0.25) is 4.98 Å². The highest BCUT2D eigenvalue weighted by Crippen LogP contribution is 2.40. The van der Waals surface area contributed by atoms with Gasteiger partial charge in [0.2, 0.25) is 0 Å². The summed E-state index contributed by atoms with van der Waals surface area (Å²) < 4.78 is 5.37. The number of ether oxygens (including phenoxy) is 1. The molecule has 0 amide bonds. The highest BCUT2D eigenvalue weighted by molar-refractivity contribution is 5.49. The quantitative estimate of drug-likeness (QED) is 0.911. The van der Waals surface area contributed by atoms with Crippen molar-refractivity contribution in [2.75, 3.05) is 7.11 Å². The van der Waals surface area contributed by atoms with Crippen LogP contribution in [0.2, 0.25) is 0 Å². The van der Waals surface area contributed by atoms with Crippen molar-refractivity contribution in [1.82, 2.24) is 4.98 Å². The van der Waals surface area contributed by atoms with E-state index in [9.17, 15) is 0 Å². The number of benzene rings is 1. The fraction of sp³-hybridized carbons (Fsp3) is 0.353. The average Bonchev–Trinajstić information content (AvgIpc) is 2.48. The maximum Gasteiger partial charge on any atom is 0.119 e. The van der Waals surface area contributed by atoms with Crippen LogP contribution in [-0.2, 0) is 12.0 Å². The second kappa shape index (κ2) is 4.91. The number of aromatic nitrogens is 1. The van der Waals surface area contributed by atoms with E-state index in [1.807, 2.05) is 24.5 Å². The minimum Gasteiger partial charge on any atom is -0.497 e. The molecule has 0 aliphatic heterocycles. The number of aryl methyl sites for hydroxylation is 2. The van der Waals surface area contributed by atoms with Crippen molar-refractivity contribution in [1.29, 1.82) is 0 Å². The molecule has 3 heteroatoms. The molecule has 3 nitrogen and oxygen atoms in total. The molecule has 0 spiro atoms. The molecule has 1 aromatic heterocycles. The molecular weight excluding hydrogens is 248 g/mol. The third-order valence-electron chi connectivity index (χ3n) is 4.33. The third kappa shape index (κ3) is 1.98. The maximum atomic E-state index is 6.82. The van der Waals surface area contributed by atoms with E-state index in [2.05, 4.69) is 24.0 Å². The molecule has 1 atom stereocenters. The topological polar surface area (TPSA) is 48.1 Å². The lowest BCUT2D eigenvalue weighted by atomic mass is 9.72. The molecule has 0 radical (unpaired) electrons. The van der Waals surface area contributed by atoms with Crippen LogP contribution >= 0.6 is 0 Å². The number of methoxy groups -OCH3 is 1. The predicted octanol–water partition coefficient (Wildman–Crippen LogP) is 2.94. The van der Waals surface area contributed by atoms with E-state index >= 15 is 0 Å². The van der Waals surface area contributed by atoms with Crippen LogP contribution in [0.25, 0.3) is 0 Å². The highest BCUT2D eigenvalue weighted by atomic mass is 16.5. The molecule has 104 valence electrons. The Balaban J connectivity index is 2.19. The molecule has 0 fully saturated rings. The van der Waals surface area contributed by atoms with Crippen molar-refractivity contribution >= 4 is 0 Å². The zero-order valence-electron chi connectivity index (χ0n) is 12.0. The summed E-state index contributed by atoms with van der Waals surface area (Å²) >= 11 is 0. The van der Waals surface area contributed by atoms with Gasteiger partial charge in [-0.15, -0.1) is 0 Å². The van der Waals surface area contributed by atoms with Gasteiger partial charge in [0.25, 0.3) is 0 Å². The zero-order valence-corrected chi connectivity index (χ0v) is 12.0. The largest absolute Gasteiger partial charge is 0.497 e. The summed E-state index contributed by atoms with van der Waals surface area (Å²) in [5.41, 5.74) is 11.2. The van der Waals surface area contributed by atoms with E-state index in [0.29, 0.717) is 0 Å².